The third-order valence-corrected chi connectivity index (χ3v) is 5.06. The summed E-state index contributed by atoms with van der Waals surface area (Å²) in [4.78, 5) is 10.8. The molecule has 0 aromatic carbocycles. The Labute approximate surface area is 135 Å². The van der Waals surface area contributed by atoms with E-state index >= 15 is 0 Å². The molecule has 8 N–H and O–H groups in total. The van der Waals surface area contributed by atoms with E-state index in [0.29, 0.717) is 11.8 Å². The molecule has 0 aromatic rings. The van der Waals surface area contributed by atoms with Crippen molar-refractivity contribution in [2.75, 3.05) is 13.2 Å². The number of aliphatic hydroxyl groups excluding tert-OH is 8. The number of carbonyl (C=O) groups excluding carboxylic acids is 1. The van der Waals surface area contributed by atoms with Crippen molar-refractivity contribution in [3.05, 3.63) is 0 Å². The normalized spacial score (nSPS) is 37.0. The second-order valence-corrected chi connectivity index (χ2v) is 6.45. The molecule has 10 nitrogen and oxygen atoms in total. The Morgan fingerprint density at radius 1 is 1.04 bits per heavy atom. The second kappa shape index (κ2) is 9.22. The zero-order chi connectivity index (χ0) is 17.7. The minimum absolute atomic E-state index is 0.0923. The molecule has 1 unspecified atom stereocenters. The fourth-order valence-electron chi connectivity index (χ4n) is 2.10. The van der Waals surface area contributed by atoms with Crippen LogP contribution < -0.4 is 0 Å². The number of hydrogen-bond acceptors (Lipinski definition) is 11. The molecule has 9 atom stereocenters. The molecular weight excluding hydrogens is 336 g/mol. The predicted molar refractivity (Wildman–Crippen MR) is 76.3 cm³/mol. The molecule has 1 saturated heterocycles. The lowest BCUT2D eigenvalue weighted by atomic mass is 10.0. The molecule has 0 aliphatic carbocycles. The van der Waals surface area contributed by atoms with Gasteiger partial charge in [-0.15, -0.1) is 11.8 Å². The van der Waals surface area contributed by atoms with Crippen molar-refractivity contribution in [1.82, 2.24) is 0 Å². The molecule has 0 amide bonds. The maximum Gasteiger partial charge on any atom is 0.149 e. The minimum atomic E-state index is -1.76. The van der Waals surface area contributed by atoms with E-state index in [2.05, 4.69) is 0 Å². The molecule has 0 radical (unpaired) electrons. The predicted octanol–water partition coefficient (Wildman–Crippen LogP) is -4.84. The summed E-state index contributed by atoms with van der Waals surface area (Å²) in [5.74, 6) is 0. The standard InChI is InChI=1S/C12H22O10S/c13-1-4(16)7(18)11(5(17)2-14)23-12-10(21)9(20)8(19)6(3-15)22-12/h2,4-13,15-21H,1,3H2/t4-,5+,6-,7-,8-,9+,10-,11-,12?/m1/s1. The van der Waals surface area contributed by atoms with Crippen molar-refractivity contribution < 1.29 is 50.4 Å². The van der Waals surface area contributed by atoms with Crippen LogP contribution in [0, 0.1) is 0 Å². The Hall–Kier alpha value is -0.340. The molecule has 1 aliphatic heterocycles. The highest BCUT2D eigenvalue weighted by molar-refractivity contribution is 8.00. The smallest absolute Gasteiger partial charge is 0.149 e. The van der Waals surface area contributed by atoms with E-state index < -0.39 is 66.6 Å². The van der Waals surface area contributed by atoms with Gasteiger partial charge in [0.25, 0.3) is 0 Å². The van der Waals surface area contributed by atoms with Crippen molar-refractivity contribution in [3.63, 3.8) is 0 Å². The molecule has 0 aromatic heterocycles. The largest absolute Gasteiger partial charge is 0.394 e. The molecule has 1 fully saturated rings. The first-order valence-corrected chi connectivity index (χ1v) is 7.79. The van der Waals surface area contributed by atoms with Crippen LogP contribution in [0.2, 0.25) is 0 Å². The van der Waals surface area contributed by atoms with Crippen molar-refractivity contribution in [2.24, 2.45) is 0 Å². The molecule has 1 rings (SSSR count). The Bertz CT molecular complexity index is 370. The van der Waals surface area contributed by atoms with Crippen LogP contribution in [0.1, 0.15) is 0 Å². The van der Waals surface area contributed by atoms with Crippen molar-refractivity contribution in [3.8, 4) is 0 Å². The third-order valence-electron chi connectivity index (χ3n) is 3.53. The van der Waals surface area contributed by atoms with Gasteiger partial charge in [0.05, 0.1) is 24.6 Å². The van der Waals surface area contributed by atoms with E-state index in [1.54, 1.807) is 0 Å². The number of aliphatic hydroxyl groups is 8. The summed E-state index contributed by atoms with van der Waals surface area (Å²) in [6, 6.07) is 0. The van der Waals surface area contributed by atoms with Crippen molar-refractivity contribution in [2.45, 2.75) is 53.4 Å². The summed E-state index contributed by atoms with van der Waals surface area (Å²) in [7, 11) is 0. The van der Waals surface area contributed by atoms with Crippen LogP contribution in [-0.4, -0.2) is 114 Å². The Balaban J connectivity index is 2.91. The van der Waals surface area contributed by atoms with E-state index in [9.17, 15) is 35.4 Å². The van der Waals surface area contributed by atoms with Crippen LogP contribution >= 0.6 is 11.8 Å². The van der Waals surface area contributed by atoms with Crippen LogP contribution in [0.4, 0.5) is 0 Å². The Kier molecular flexibility index (Phi) is 8.30. The SMILES string of the molecule is O=C[C@H](O)[C@@H](SC1O[C@H](CO)[C@@H](O)[C@H](O)[C@H]1O)[C@H](O)[C@H](O)CO. The van der Waals surface area contributed by atoms with Gasteiger partial charge in [0.2, 0.25) is 0 Å². The van der Waals surface area contributed by atoms with E-state index in [1.807, 2.05) is 0 Å². The average molecular weight is 358 g/mol. The average Bonchev–Trinajstić information content (AvgIpc) is 2.57. The number of carbonyl (C=O) groups is 1. The van der Waals surface area contributed by atoms with Crippen LogP contribution in [0.5, 0.6) is 0 Å². The minimum Gasteiger partial charge on any atom is -0.394 e. The first kappa shape index (κ1) is 20.7. The third kappa shape index (κ3) is 4.82. The monoisotopic (exact) mass is 358 g/mol. The summed E-state index contributed by atoms with van der Waals surface area (Å²) in [6.07, 6.45) is -11.1. The highest BCUT2D eigenvalue weighted by Gasteiger charge is 2.46. The zero-order valence-corrected chi connectivity index (χ0v) is 12.8. The number of aldehydes is 1. The fourth-order valence-corrected chi connectivity index (χ4v) is 3.51. The second-order valence-electron chi connectivity index (χ2n) is 5.17. The first-order valence-electron chi connectivity index (χ1n) is 6.84. The van der Waals surface area contributed by atoms with Gasteiger partial charge in [0, 0.05) is 0 Å². The lowest BCUT2D eigenvalue weighted by Gasteiger charge is -2.41. The quantitative estimate of drug-likeness (QED) is 0.194. The number of hydrogen-bond donors (Lipinski definition) is 8. The van der Waals surface area contributed by atoms with Gasteiger partial charge in [-0.2, -0.15) is 0 Å². The van der Waals surface area contributed by atoms with Crippen molar-refractivity contribution in [1.29, 1.82) is 0 Å². The molecule has 0 spiro atoms. The summed E-state index contributed by atoms with van der Waals surface area (Å²) >= 11 is 0.526. The van der Waals surface area contributed by atoms with E-state index in [4.69, 9.17) is 14.9 Å². The van der Waals surface area contributed by atoms with Crippen LogP contribution in [0.25, 0.3) is 0 Å². The summed E-state index contributed by atoms with van der Waals surface area (Å²) < 4.78 is 5.19. The molecular formula is C12H22O10S. The maximum atomic E-state index is 10.8. The highest BCUT2D eigenvalue weighted by Crippen LogP contribution is 2.33. The number of ether oxygens (including phenoxy) is 1. The highest BCUT2D eigenvalue weighted by atomic mass is 32.2. The van der Waals surface area contributed by atoms with Gasteiger partial charge in [-0.25, -0.2) is 0 Å². The van der Waals surface area contributed by atoms with Gasteiger partial charge >= 0.3 is 0 Å². The summed E-state index contributed by atoms with van der Waals surface area (Å²) in [5, 5.41) is 74.8. The topological polar surface area (TPSA) is 188 Å². The van der Waals surface area contributed by atoms with Gasteiger partial charge in [0.15, 0.2) is 0 Å². The first-order chi connectivity index (χ1) is 10.8. The maximum absolute atomic E-state index is 10.8. The fraction of sp³-hybridized carbons (Fsp3) is 0.917. The van der Waals surface area contributed by atoms with Crippen LogP contribution in [0.15, 0.2) is 0 Å². The number of thioether (sulfide) groups is 1. The lowest BCUT2D eigenvalue weighted by molar-refractivity contribution is -0.206. The summed E-state index contributed by atoms with van der Waals surface area (Å²) in [5.41, 5.74) is -1.31. The molecule has 11 heteroatoms. The zero-order valence-electron chi connectivity index (χ0n) is 12.0. The Morgan fingerprint density at radius 2 is 1.65 bits per heavy atom. The van der Waals surface area contributed by atoms with Crippen LogP contribution in [0.3, 0.4) is 0 Å². The summed E-state index contributed by atoms with van der Waals surface area (Å²) in [6.45, 7) is -1.50. The molecule has 1 aliphatic rings. The molecule has 1 heterocycles. The van der Waals surface area contributed by atoms with Gasteiger partial charge < -0.3 is 50.4 Å². The van der Waals surface area contributed by atoms with Crippen LogP contribution in [-0.2, 0) is 9.53 Å². The van der Waals surface area contributed by atoms with Gasteiger partial charge in [0.1, 0.15) is 48.3 Å². The molecule has 0 saturated carbocycles. The molecule has 23 heavy (non-hydrogen) atoms. The Morgan fingerprint density at radius 3 is 2.13 bits per heavy atom. The van der Waals surface area contributed by atoms with E-state index in [-0.39, 0.29) is 6.29 Å². The van der Waals surface area contributed by atoms with Crippen molar-refractivity contribution >= 4 is 18.0 Å². The van der Waals surface area contributed by atoms with Gasteiger partial charge in [-0.3, -0.25) is 0 Å². The molecule has 0 bridgehead atoms. The lowest BCUT2D eigenvalue weighted by Crippen LogP contribution is -2.58. The number of rotatable bonds is 8. The molecule has 136 valence electrons. The van der Waals surface area contributed by atoms with Gasteiger partial charge in [-0.1, -0.05) is 0 Å². The van der Waals surface area contributed by atoms with Gasteiger partial charge in [-0.05, 0) is 0 Å². The van der Waals surface area contributed by atoms with E-state index in [1.165, 1.54) is 0 Å². The van der Waals surface area contributed by atoms with E-state index in [0.717, 1.165) is 0 Å².